The minimum atomic E-state index is -0.525. The van der Waals surface area contributed by atoms with Crippen LogP contribution in [0.5, 0.6) is 0 Å². The molecule has 0 heterocycles. The number of aliphatic hydroxyl groups excluding tert-OH is 1. The monoisotopic (exact) mass is 440 g/mol. The molecular formula is C27H52O4. The van der Waals surface area contributed by atoms with E-state index < -0.39 is 6.10 Å². The molecule has 31 heavy (non-hydrogen) atoms. The van der Waals surface area contributed by atoms with Crippen molar-refractivity contribution in [1.82, 2.24) is 0 Å². The molecule has 4 nitrogen and oxygen atoms in total. The standard InChI is InChI=1S/C27H52O4/c1-3-5-7-9-10-11-12-13-14-15-16-17-19-21-23-30-25-26(24-28)31-27(29)22-20-18-8-6-4-2/h11-12,26,28H,3-10,13-25H2,1-2H3/b12-11-. The van der Waals surface area contributed by atoms with Gasteiger partial charge in [-0.3, -0.25) is 4.79 Å². The van der Waals surface area contributed by atoms with Crippen LogP contribution >= 0.6 is 0 Å². The van der Waals surface area contributed by atoms with Gasteiger partial charge < -0.3 is 14.6 Å². The largest absolute Gasteiger partial charge is 0.457 e. The van der Waals surface area contributed by atoms with E-state index in [4.69, 9.17) is 9.47 Å². The lowest BCUT2D eigenvalue weighted by molar-refractivity contribution is -0.154. The van der Waals surface area contributed by atoms with Crippen LogP contribution in [0.1, 0.15) is 129 Å². The fraction of sp³-hybridized carbons (Fsp3) is 0.889. The molecule has 0 aliphatic rings. The number of unbranched alkanes of at least 4 members (excludes halogenated alkanes) is 14. The van der Waals surface area contributed by atoms with Crippen molar-refractivity contribution in [1.29, 1.82) is 0 Å². The highest BCUT2D eigenvalue weighted by atomic mass is 16.6. The Hall–Kier alpha value is -0.870. The van der Waals surface area contributed by atoms with Crippen LogP contribution in [0.4, 0.5) is 0 Å². The first-order chi connectivity index (χ1) is 15.2. The van der Waals surface area contributed by atoms with E-state index in [1.807, 2.05) is 0 Å². The average molecular weight is 441 g/mol. The predicted octanol–water partition coefficient (Wildman–Crippen LogP) is 7.52. The molecule has 0 saturated carbocycles. The zero-order chi connectivity index (χ0) is 22.8. The highest BCUT2D eigenvalue weighted by Gasteiger charge is 2.13. The summed E-state index contributed by atoms with van der Waals surface area (Å²) in [6.45, 7) is 5.23. The van der Waals surface area contributed by atoms with Gasteiger partial charge in [0.15, 0.2) is 0 Å². The smallest absolute Gasteiger partial charge is 0.306 e. The Morgan fingerprint density at radius 1 is 0.742 bits per heavy atom. The third kappa shape index (κ3) is 23.6. The molecule has 0 aliphatic carbocycles. The van der Waals surface area contributed by atoms with Crippen LogP contribution in [-0.4, -0.2) is 37.0 Å². The lowest BCUT2D eigenvalue weighted by atomic mass is 10.1. The molecule has 0 aromatic carbocycles. The molecule has 0 rings (SSSR count). The lowest BCUT2D eigenvalue weighted by Gasteiger charge is -2.15. The van der Waals surface area contributed by atoms with Gasteiger partial charge in [0.1, 0.15) is 6.10 Å². The Morgan fingerprint density at radius 3 is 1.87 bits per heavy atom. The first-order valence-corrected chi connectivity index (χ1v) is 13.3. The molecule has 0 spiro atoms. The molecule has 0 aromatic heterocycles. The van der Waals surface area contributed by atoms with E-state index in [0.29, 0.717) is 19.6 Å². The minimum Gasteiger partial charge on any atom is -0.457 e. The van der Waals surface area contributed by atoms with E-state index in [-0.39, 0.29) is 12.6 Å². The van der Waals surface area contributed by atoms with Gasteiger partial charge in [0.2, 0.25) is 0 Å². The van der Waals surface area contributed by atoms with Gasteiger partial charge in [-0.15, -0.1) is 0 Å². The maximum Gasteiger partial charge on any atom is 0.306 e. The van der Waals surface area contributed by atoms with Gasteiger partial charge in [0, 0.05) is 13.0 Å². The number of ether oxygens (including phenoxy) is 2. The van der Waals surface area contributed by atoms with Crippen LogP contribution in [0, 0.1) is 0 Å². The molecule has 1 unspecified atom stereocenters. The molecule has 0 amide bonds. The molecule has 0 fully saturated rings. The summed E-state index contributed by atoms with van der Waals surface area (Å²) in [5, 5.41) is 9.38. The lowest BCUT2D eigenvalue weighted by Crippen LogP contribution is -2.27. The van der Waals surface area contributed by atoms with E-state index >= 15 is 0 Å². The van der Waals surface area contributed by atoms with Crippen molar-refractivity contribution in [2.45, 2.75) is 136 Å². The first-order valence-electron chi connectivity index (χ1n) is 13.3. The topological polar surface area (TPSA) is 55.8 Å². The summed E-state index contributed by atoms with van der Waals surface area (Å²) >= 11 is 0. The molecule has 0 radical (unpaired) electrons. The van der Waals surface area contributed by atoms with Gasteiger partial charge in [0.05, 0.1) is 13.2 Å². The van der Waals surface area contributed by atoms with Gasteiger partial charge in [-0.05, 0) is 38.5 Å². The second kappa shape index (κ2) is 25.4. The molecule has 0 aromatic rings. The molecule has 0 aliphatic heterocycles. The summed E-state index contributed by atoms with van der Waals surface area (Å²) in [6.07, 6.45) is 25.4. The highest BCUT2D eigenvalue weighted by molar-refractivity contribution is 5.69. The molecule has 184 valence electrons. The summed E-state index contributed by atoms with van der Waals surface area (Å²) in [4.78, 5) is 11.8. The molecule has 4 heteroatoms. The maximum absolute atomic E-state index is 11.8. The number of allylic oxidation sites excluding steroid dienone is 2. The second-order valence-corrected chi connectivity index (χ2v) is 8.76. The fourth-order valence-electron chi connectivity index (χ4n) is 3.55. The minimum absolute atomic E-state index is 0.172. The summed E-state index contributed by atoms with van der Waals surface area (Å²) in [7, 11) is 0. The van der Waals surface area contributed by atoms with Crippen LogP contribution in [0.15, 0.2) is 12.2 Å². The van der Waals surface area contributed by atoms with Gasteiger partial charge in [0.25, 0.3) is 0 Å². The summed E-state index contributed by atoms with van der Waals surface area (Å²) in [5.74, 6) is -0.217. The Balaban J connectivity index is 3.42. The van der Waals surface area contributed by atoms with Crippen molar-refractivity contribution < 1.29 is 19.4 Å². The third-order valence-electron chi connectivity index (χ3n) is 5.59. The molecule has 0 bridgehead atoms. The Bertz CT molecular complexity index is 395. The van der Waals surface area contributed by atoms with Crippen molar-refractivity contribution in [3.05, 3.63) is 12.2 Å². The summed E-state index contributed by atoms with van der Waals surface area (Å²) < 4.78 is 10.9. The number of hydrogen-bond acceptors (Lipinski definition) is 4. The Labute approximate surface area is 193 Å². The van der Waals surface area contributed by atoms with E-state index in [1.54, 1.807) is 0 Å². The molecule has 1 N–H and O–H groups in total. The van der Waals surface area contributed by atoms with Crippen molar-refractivity contribution in [3.8, 4) is 0 Å². The highest BCUT2D eigenvalue weighted by Crippen LogP contribution is 2.10. The Morgan fingerprint density at radius 2 is 1.26 bits per heavy atom. The number of rotatable bonds is 24. The number of hydrogen-bond donors (Lipinski definition) is 1. The molecule has 1 atom stereocenters. The first kappa shape index (κ1) is 30.1. The number of carbonyl (C=O) groups is 1. The van der Waals surface area contributed by atoms with E-state index in [1.165, 1.54) is 89.9 Å². The summed E-state index contributed by atoms with van der Waals surface area (Å²) in [6, 6.07) is 0. The van der Waals surface area contributed by atoms with Gasteiger partial charge >= 0.3 is 5.97 Å². The number of esters is 1. The van der Waals surface area contributed by atoms with Crippen molar-refractivity contribution >= 4 is 5.97 Å². The van der Waals surface area contributed by atoms with Crippen molar-refractivity contribution in [2.24, 2.45) is 0 Å². The maximum atomic E-state index is 11.8. The van der Waals surface area contributed by atoms with Gasteiger partial charge in [-0.1, -0.05) is 96.6 Å². The average Bonchev–Trinajstić information content (AvgIpc) is 2.77. The second-order valence-electron chi connectivity index (χ2n) is 8.76. The third-order valence-corrected chi connectivity index (χ3v) is 5.59. The fourth-order valence-corrected chi connectivity index (χ4v) is 3.55. The van der Waals surface area contributed by atoms with Gasteiger partial charge in [-0.25, -0.2) is 0 Å². The number of carbonyl (C=O) groups excluding carboxylic acids is 1. The normalized spacial score (nSPS) is 12.5. The van der Waals surface area contributed by atoms with Gasteiger partial charge in [-0.2, -0.15) is 0 Å². The quantitative estimate of drug-likeness (QED) is 0.0957. The van der Waals surface area contributed by atoms with Crippen LogP contribution in [0.2, 0.25) is 0 Å². The molecular weight excluding hydrogens is 388 g/mol. The zero-order valence-corrected chi connectivity index (χ0v) is 20.8. The SMILES string of the molecule is CCCCCC/C=C\CCCCCCCCOCC(CO)OC(=O)CCCCCCC. The van der Waals surface area contributed by atoms with E-state index in [2.05, 4.69) is 26.0 Å². The van der Waals surface area contributed by atoms with E-state index in [0.717, 1.165) is 19.3 Å². The summed E-state index contributed by atoms with van der Waals surface area (Å²) in [5.41, 5.74) is 0. The van der Waals surface area contributed by atoms with Crippen LogP contribution in [0.3, 0.4) is 0 Å². The molecule has 0 saturated heterocycles. The van der Waals surface area contributed by atoms with Crippen molar-refractivity contribution in [2.75, 3.05) is 19.8 Å². The van der Waals surface area contributed by atoms with Crippen LogP contribution < -0.4 is 0 Å². The van der Waals surface area contributed by atoms with Crippen LogP contribution in [-0.2, 0) is 14.3 Å². The zero-order valence-electron chi connectivity index (χ0n) is 20.8. The predicted molar refractivity (Wildman–Crippen MR) is 131 cm³/mol. The van der Waals surface area contributed by atoms with Crippen LogP contribution in [0.25, 0.3) is 0 Å². The van der Waals surface area contributed by atoms with Crippen molar-refractivity contribution in [3.63, 3.8) is 0 Å². The van der Waals surface area contributed by atoms with E-state index in [9.17, 15) is 9.90 Å². The Kier molecular flexibility index (Phi) is 24.7. The number of aliphatic hydroxyl groups is 1.